The fraction of sp³-hybridized carbons (Fsp3) is 0.450. The second kappa shape index (κ2) is 14.1. The average Bonchev–Trinajstić information content (AvgIpc) is 3.18. The maximum absolute atomic E-state index is 15.9. The maximum Gasteiger partial charge on any atom is 0.326 e. The largest absolute Gasteiger partial charge is 0.497 e. The Morgan fingerprint density at radius 3 is 2.70 bits per heavy atom. The SMILES string of the molecule is C=C[C@H]1CN2CC[C@H]1C[C@H]2[C@H](OC(=O)CNC(=O)c1cn2c3c(c(N4CCN(C)CC4)c(F)cc3c1=O)OC[C@@H]2C)c1ccnc2ccc(OC)cc12. The number of fused-ring (bicyclic) bond motifs is 4. The first kappa shape index (κ1) is 35.0. The molecule has 9 rings (SSSR count). The van der Waals surface area contributed by atoms with Crippen LogP contribution in [0.25, 0.3) is 21.8 Å². The normalized spacial score (nSPS) is 24.5. The quantitative estimate of drug-likeness (QED) is 0.198. The number of halogens is 1. The van der Waals surface area contributed by atoms with Crippen LogP contribution in [0, 0.1) is 17.7 Å². The summed E-state index contributed by atoms with van der Waals surface area (Å²) in [5.41, 5.74) is 1.52. The third-order valence-electron chi connectivity index (χ3n) is 11.7. The minimum atomic E-state index is -0.744. The number of anilines is 1. The lowest BCUT2D eigenvalue weighted by molar-refractivity contribution is -0.156. The zero-order chi connectivity index (χ0) is 37.0. The van der Waals surface area contributed by atoms with E-state index in [0.717, 1.165) is 55.5 Å². The molecule has 0 aliphatic carbocycles. The summed E-state index contributed by atoms with van der Waals surface area (Å²) in [7, 11) is 3.63. The number of esters is 1. The molecule has 5 aliphatic heterocycles. The molecule has 2 aromatic heterocycles. The highest BCUT2D eigenvalue weighted by molar-refractivity contribution is 6.01. The van der Waals surface area contributed by atoms with E-state index in [-0.39, 0.29) is 29.6 Å². The number of piperidine rings is 3. The topological polar surface area (TPSA) is 118 Å². The first-order valence-electron chi connectivity index (χ1n) is 18.4. The number of pyridine rings is 2. The van der Waals surface area contributed by atoms with Crippen molar-refractivity contribution >= 4 is 39.4 Å². The van der Waals surface area contributed by atoms with Crippen molar-refractivity contribution in [2.24, 2.45) is 11.8 Å². The van der Waals surface area contributed by atoms with Gasteiger partial charge < -0.3 is 33.9 Å². The number of likely N-dealkylation sites (N-methyl/N-ethyl adjacent to an activating group) is 1. The van der Waals surface area contributed by atoms with E-state index in [4.69, 9.17) is 14.2 Å². The standard InChI is InChI=1S/C40H45FN6O6/c1-5-24-20-46-11-9-25(24)16-33(46)38(27-8-10-42-32-7-6-26(51-4)17-28(27)32)53-34(48)19-43-40(50)30-21-47-23(2)22-52-39-35(47)29(37(30)49)18-31(41)36(39)45-14-12-44(3)13-15-45/h5-8,10,17-18,21,23-25,33,38H,1,9,11-16,19-20,22H2,2-4H3,(H,43,50)/t23-,24-,25-,33-,38+/m0/s1. The van der Waals surface area contributed by atoms with Crippen LogP contribution in [0.15, 0.2) is 60.2 Å². The number of aromatic nitrogens is 2. The van der Waals surface area contributed by atoms with Gasteiger partial charge in [0.1, 0.15) is 36.3 Å². The first-order chi connectivity index (χ1) is 25.6. The summed E-state index contributed by atoms with van der Waals surface area (Å²) in [5, 5.41) is 3.49. The van der Waals surface area contributed by atoms with Crippen LogP contribution in [-0.2, 0) is 9.53 Å². The molecule has 0 saturated carbocycles. The molecule has 12 nitrogen and oxygen atoms in total. The monoisotopic (exact) mass is 724 g/mol. The molecule has 4 fully saturated rings. The molecule has 0 spiro atoms. The summed E-state index contributed by atoms with van der Waals surface area (Å²) in [6.45, 7) is 10.2. The number of piperazine rings is 1. The number of rotatable bonds is 9. The Hall–Kier alpha value is -5.01. The number of benzene rings is 2. The van der Waals surface area contributed by atoms with Gasteiger partial charge in [0.15, 0.2) is 11.6 Å². The van der Waals surface area contributed by atoms with Crippen molar-refractivity contribution in [2.75, 3.05) is 71.5 Å². The molecule has 6 atom stereocenters. The summed E-state index contributed by atoms with van der Waals surface area (Å²) in [6.07, 6.45) is 6.44. The molecule has 1 unspecified atom stereocenters. The number of carbonyl (C=O) groups is 2. The third-order valence-corrected chi connectivity index (χ3v) is 11.7. The Kier molecular flexibility index (Phi) is 9.32. The molecule has 278 valence electrons. The highest BCUT2D eigenvalue weighted by Crippen LogP contribution is 2.44. The number of hydrogen-bond donors (Lipinski definition) is 1. The molecule has 2 aromatic carbocycles. The van der Waals surface area contributed by atoms with E-state index in [1.165, 1.54) is 12.3 Å². The smallest absolute Gasteiger partial charge is 0.326 e. The van der Waals surface area contributed by atoms with Crippen LogP contribution in [-0.4, -0.2) is 104 Å². The van der Waals surface area contributed by atoms with Gasteiger partial charge in [-0.1, -0.05) is 6.08 Å². The van der Waals surface area contributed by atoms with E-state index in [1.54, 1.807) is 13.3 Å². The Labute approximate surface area is 307 Å². The second-order valence-electron chi connectivity index (χ2n) is 14.8. The zero-order valence-corrected chi connectivity index (χ0v) is 30.3. The molecule has 13 heteroatoms. The minimum Gasteiger partial charge on any atom is -0.497 e. The summed E-state index contributed by atoms with van der Waals surface area (Å²) in [5.74, 6) is -0.202. The van der Waals surface area contributed by atoms with E-state index in [9.17, 15) is 14.4 Å². The number of carbonyl (C=O) groups excluding carboxylic acids is 2. The number of amides is 1. The van der Waals surface area contributed by atoms with Gasteiger partial charge in [-0.15, -0.1) is 6.58 Å². The number of nitrogens with one attached hydrogen (secondary N) is 1. The van der Waals surface area contributed by atoms with E-state index in [2.05, 4.69) is 26.7 Å². The van der Waals surface area contributed by atoms with Crippen molar-refractivity contribution in [3.8, 4) is 11.5 Å². The predicted octanol–water partition coefficient (Wildman–Crippen LogP) is 4.31. The van der Waals surface area contributed by atoms with Crippen LogP contribution in [0.4, 0.5) is 10.1 Å². The lowest BCUT2D eigenvalue weighted by Crippen LogP contribution is -2.55. The van der Waals surface area contributed by atoms with Crippen molar-refractivity contribution < 1.29 is 28.2 Å². The van der Waals surface area contributed by atoms with Crippen molar-refractivity contribution in [1.82, 2.24) is 24.7 Å². The van der Waals surface area contributed by atoms with E-state index < -0.39 is 35.8 Å². The van der Waals surface area contributed by atoms with Gasteiger partial charge >= 0.3 is 5.97 Å². The Morgan fingerprint density at radius 2 is 1.96 bits per heavy atom. The molecule has 53 heavy (non-hydrogen) atoms. The number of methoxy groups -OCH3 is 1. The fourth-order valence-electron chi connectivity index (χ4n) is 8.69. The molecule has 4 saturated heterocycles. The highest BCUT2D eigenvalue weighted by atomic mass is 19.1. The molecule has 5 aliphatic rings. The van der Waals surface area contributed by atoms with Gasteiger partial charge in [-0.25, -0.2) is 4.39 Å². The van der Waals surface area contributed by atoms with Crippen LogP contribution < -0.4 is 25.1 Å². The van der Waals surface area contributed by atoms with Crippen LogP contribution in [0.1, 0.15) is 47.8 Å². The van der Waals surface area contributed by atoms with Gasteiger partial charge in [0, 0.05) is 56.1 Å². The van der Waals surface area contributed by atoms with Crippen molar-refractivity contribution in [2.45, 2.75) is 38.0 Å². The summed E-state index contributed by atoms with van der Waals surface area (Å²) >= 11 is 0. The minimum absolute atomic E-state index is 0.0523. The molecule has 2 bridgehead atoms. The Bertz CT molecular complexity index is 2170. The van der Waals surface area contributed by atoms with Crippen LogP contribution in [0.5, 0.6) is 11.5 Å². The Balaban J connectivity index is 1.07. The molecular formula is C40H45FN6O6. The van der Waals surface area contributed by atoms with Crippen LogP contribution >= 0.6 is 0 Å². The molecule has 0 radical (unpaired) electrons. The van der Waals surface area contributed by atoms with Crippen molar-refractivity contribution in [1.29, 1.82) is 0 Å². The maximum atomic E-state index is 15.9. The summed E-state index contributed by atoms with van der Waals surface area (Å²) in [6, 6.07) is 8.38. The lowest BCUT2D eigenvalue weighted by atomic mass is 9.73. The lowest BCUT2D eigenvalue weighted by Gasteiger charge is -2.51. The predicted molar refractivity (Wildman–Crippen MR) is 199 cm³/mol. The number of ether oxygens (including phenoxy) is 3. The van der Waals surface area contributed by atoms with Gasteiger partial charge in [-0.05, 0) is 75.5 Å². The van der Waals surface area contributed by atoms with E-state index in [0.29, 0.717) is 47.6 Å². The average molecular weight is 725 g/mol. The van der Waals surface area contributed by atoms with E-state index >= 15 is 4.39 Å². The molecule has 1 amide bonds. The van der Waals surface area contributed by atoms with Gasteiger partial charge in [-0.2, -0.15) is 0 Å². The molecule has 1 N–H and O–H groups in total. The van der Waals surface area contributed by atoms with Gasteiger partial charge in [-0.3, -0.25) is 24.3 Å². The van der Waals surface area contributed by atoms with Crippen LogP contribution in [0.2, 0.25) is 0 Å². The summed E-state index contributed by atoms with van der Waals surface area (Å²) in [4.78, 5) is 52.3. The van der Waals surface area contributed by atoms with Gasteiger partial charge in [0.25, 0.3) is 5.91 Å². The van der Waals surface area contributed by atoms with Crippen molar-refractivity contribution in [3.05, 3.63) is 82.5 Å². The molecule has 4 aromatic rings. The second-order valence-corrected chi connectivity index (χ2v) is 14.8. The number of nitrogens with zero attached hydrogens (tertiary/aromatic N) is 5. The van der Waals surface area contributed by atoms with Gasteiger partial charge in [0.05, 0.1) is 35.6 Å². The fourth-order valence-corrected chi connectivity index (χ4v) is 8.69. The summed E-state index contributed by atoms with van der Waals surface area (Å²) < 4.78 is 35.6. The molecule has 7 heterocycles. The first-order valence-corrected chi connectivity index (χ1v) is 18.4. The van der Waals surface area contributed by atoms with Crippen molar-refractivity contribution in [3.63, 3.8) is 0 Å². The highest BCUT2D eigenvalue weighted by Gasteiger charge is 2.44. The third kappa shape index (κ3) is 6.29. The van der Waals surface area contributed by atoms with Gasteiger partial charge in [0.2, 0.25) is 5.43 Å². The number of hydrogen-bond acceptors (Lipinski definition) is 10. The van der Waals surface area contributed by atoms with E-state index in [1.807, 2.05) is 53.8 Å². The zero-order valence-electron chi connectivity index (χ0n) is 30.3. The van der Waals surface area contributed by atoms with Crippen LogP contribution in [0.3, 0.4) is 0 Å². The Morgan fingerprint density at radius 1 is 1.15 bits per heavy atom. The molecular weight excluding hydrogens is 679 g/mol.